The van der Waals surface area contributed by atoms with E-state index in [9.17, 15) is 14.7 Å². The first-order valence-electron chi connectivity index (χ1n) is 13.4. The number of ketones is 1. The van der Waals surface area contributed by atoms with E-state index < -0.39 is 23.3 Å². The molecule has 0 bridgehead atoms. The molecular formula is C33H35NO4. The Balaban J connectivity index is 1.62. The van der Waals surface area contributed by atoms with E-state index in [0.717, 1.165) is 42.4 Å². The molecule has 1 fully saturated rings. The number of carbonyl (C=O) groups is 2. The van der Waals surface area contributed by atoms with E-state index in [0.29, 0.717) is 11.3 Å². The number of nitrogens with zero attached hydrogens (tertiary/aromatic N) is 1. The first kappa shape index (κ1) is 25.8. The second-order valence-electron chi connectivity index (χ2n) is 11.4. The van der Waals surface area contributed by atoms with Crippen molar-refractivity contribution < 1.29 is 19.4 Å². The number of ether oxygens (including phenoxy) is 1. The maximum atomic E-state index is 13.6. The molecule has 0 spiro atoms. The van der Waals surface area contributed by atoms with Crippen molar-refractivity contribution in [2.45, 2.75) is 71.6 Å². The van der Waals surface area contributed by atoms with Gasteiger partial charge in [-0.2, -0.15) is 0 Å². The second-order valence-corrected chi connectivity index (χ2v) is 11.4. The molecule has 1 aliphatic carbocycles. The molecule has 1 atom stereocenters. The SMILES string of the molecule is Cc1cccc(C2/C(=C(/O)c3ccc4c(c3)CCCC4)C(=O)C(=O)N2Cc2ccccc2OC(C)(C)C)c1. The summed E-state index contributed by atoms with van der Waals surface area (Å²) in [4.78, 5) is 28.7. The summed E-state index contributed by atoms with van der Waals surface area (Å²) < 4.78 is 6.18. The Labute approximate surface area is 224 Å². The van der Waals surface area contributed by atoms with Gasteiger partial charge in [0.2, 0.25) is 0 Å². The van der Waals surface area contributed by atoms with Crippen molar-refractivity contribution in [3.63, 3.8) is 0 Å². The van der Waals surface area contributed by atoms with Gasteiger partial charge in [-0.05, 0) is 82.2 Å². The molecule has 5 rings (SSSR count). The number of amides is 1. The fraction of sp³-hybridized carbons (Fsp3) is 0.333. The number of rotatable bonds is 5. The molecule has 38 heavy (non-hydrogen) atoms. The van der Waals surface area contributed by atoms with Crippen molar-refractivity contribution in [2.75, 3.05) is 0 Å². The number of likely N-dealkylation sites (tertiary alicyclic amines) is 1. The molecule has 196 valence electrons. The lowest BCUT2D eigenvalue weighted by molar-refractivity contribution is -0.140. The zero-order valence-electron chi connectivity index (χ0n) is 22.6. The maximum absolute atomic E-state index is 13.6. The maximum Gasteiger partial charge on any atom is 0.295 e. The summed E-state index contributed by atoms with van der Waals surface area (Å²) in [6, 6.07) is 20.5. The molecule has 3 aromatic rings. The third-order valence-electron chi connectivity index (χ3n) is 7.25. The number of hydrogen-bond acceptors (Lipinski definition) is 4. The molecule has 3 aromatic carbocycles. The van der Waals surface area contributed by atoms with Crippen LogP contribution in [0.5, 0.6) is 5.75 Å². The molecule has 1 heterocycles. The van der Waals surface area contributed by atoms with Crippen LogP contribution in [0.25, 0.3) is 5.76 Å². The van der Waals surface area contributed by atoms with Crippen LogP contribution < -0.4 is 4.74 Å². The molecule has 5 nitrogen and oxygen atoms in total. The van der Waals surface area contributed by atoms with Gasteiger partial charge in [0.25, 0.3) is 11.7 Å². The highest BCUT2D eigenvalue weighted by Crippen LogP contribution is 2.41. The smallest absolute Gasteiger partial charge is 0.295 e. The Morgan fingerprint density at radius 1 is 0.947 bits per heavy atom. The number of carbonyl (C=O) groups excluding carboxylic acids is 2. The summed E-state index contributed by atoms with van der Waals surface area (Å²) >= 11 is 0. The van der Waals surface area contributed by atoms with Gasteiger partial charge in [-0.1, -0.05) is 60.2 Å². The Morgan fingerprint density at radius 2 is 1.68 bits per heavy atom. The van der Waals surface area contributed by atoms with Gasteiger partial charge in [-0.25, -0.2) is 0 Å². The van der Waals surface area contributed by atoms with E-state index >= 15 is 0 Å². The molecule has 1 aliphatic heterocycles. The van der Waals surface area contributed by atoms with Gasteiger partial charge in [0.15, 0.2) is 0 Å². The van der Waals surface area contributed by atoms with E-state index in [-0.39, 0.29) is 17.9 Å². The number of aliphatic hydroxyl groups excluding tert-OH is 1. The van der Waals surface area contributed by atoms with E-state index in [1.807, 2.05) is 94.4 Å². The minimum Gasteiger partial charge on any atom is -0.507 e. The van der Waals surface area contributed by atoms with Gasteiger partial charge in [-0.3, -0.25) is 9.59 Å². The number of Topliss-reactive ketones (excluding diaryl/α,β-unsaturated/α-hetero) is 1. The highest BCUT2D eigenvalue weighted by Gasteiger charge is 2.46. The lowest BCUT2D eigenvalue weighted by atomic mass is 9.88. The summed E-state index contributed by atoms with van der Waals surface area (Å²) in [5.41, 5.74) is 5.39. The number of aryl methyl sites for hydroxylation is 3. The lowest BCUT2D eigenvalue weighted by Crippen LogP contribution is -2.30. The topological polar surface area (TPSA) is 66.8 Å². The van der Waals surface area contributed by atoms with Crippen molar-refractivity contribution in [1.82, 2.24) is 4.90 Å². The summed E-state index contributed by atoms with van der Waals surface area (Å²) in [6.45, 7) is 8.08. The average Bonchev–Trinajstić information content (AvgIpc) is 3.13. The second kappa shape index (κ2) is 10.1. The number of benzene rings is 3. The van der Waals surface area contributed by atoms with E-state index in [4.69, 9.17) is 4.74 Å². The molecule has 1 unspecified atom stereocenters. The van der Waals surface area contributed by atoms with E-state index in [2.05, 4.69) is 0 Å². The molecule has 0 radical (unpaired) electrons. The van der Waals surface area contributed by atoms with Gasteiger partial charge < -0.3 is 14.7 Å². The number of hydrogen-bond donors (Lipinski definition) is 1. The van der Waals surface area contributed by atoms with Gasteiger partial charge in [0, 0.05) is 11.1 Å². The minimum absolute atomic E-state index is 0.120. The standard InChI is InChI=1S/C33H35NO4/c1-21-10-9-14-24(18-21)29-28(30(35)25-17-16-22-11-5-6-12-23(22)19-25)31(36)32(37)34(29)20-26-13-7-8-15-27(26)38-33(2,3)4/h7-10,13-19,29,35H,5-6,11-12,20H2,1-4H3/b30-28-. The van der Waals surface area contributed by atoms with Gasteiger partial charge >= 0.3 is 0 Å². The average molecular weight is 510 g/mol. The fourth-order valence-electron chi connectivity index (χ4n) is 5.51. The molecule has 1 amide bonds. The largest absolute Gasteiger partial charge is 0.507 e. The zero-order chi connectivity index (χ0) is 27.0. The van der Waals surface area contributed by atoms with Crippen LogP contribution in [0.15, 0.2) is 72.3 Å². The van der Waals surface area contributed by atoms with Crippen LogP contribution in [0, 0.1) is 6.92 Å². The van der Waals surface area contributed by atoms with Crippen LogP contribution in [0.1, 0.15) is 73.0 Å². The predicted octanol–water partition coefficient (Wildman–Crippen LogP) is 6.67. The molecule has 5 heteroatoms. The Hall–Kier alpha value is -3.86. The number of para-hydroxylation sites is 1. The fourth-order valence-corrected chi connectivity index (χ4v) is 5.51. The molecule has 1 N–H and O–H groups in total. The summed E-state index contributed by atoms with van der Waals surface area (Å²) in [7, 11) is 0. The van der Waals surface area contributed by atoms with Crippen molar-refractivity contribution in [3.05, 3.63) is 106 Å². The predicted molar refractivity (Wildman–Crippen MR) is 149 cm³/mol. The van der Waals surface area contributed by atoms with Crippen molar-refractivity contribution in [1.29, 1.82) is 0 Å². The minimum atomic E-state index is -0.714. The summed E-state index contributed by atoms with van der Waals surface area (Å²) in [5.74, 6) is -0.743. The Morgan fingerprint density at radius 3 is 2.42 bits per heavy atom. The van der Waals surface area contributed by atoms with Crippen LogP contribution in [0.2, 0.25) is 0 Å². The molecule has 2 aliphatic rings. The normalized spacial score (nSPS) is 18.9. The monoisotopic (exact) mass is 509 g/mol. The zero-order valence-corrected chi connectivity index (χ0v) is 22.6. The van der Waals surface area contributed by atoms with Crippen LogP contribution in [-0.2, 0) is 29.0 Å². The molecule has 0 aromatic heterocycles. The summed E-state index contributed by atoms with van der Waals surface area (Å²) in [6.07, 6.45) is 4.26. The van der Waals surface area contributed by atoms with E-state index in [1.54, 1.807) is 4.90 Å². The highest BCUT2D eigenvalue weighted by molar-refractivity contribution is 6.46. The van der Waals surface area contributed by atoms with Crippen molar-refractivity contribution >= 4 is 17.4 Å². The van der Waals surface area contributed by atoms with Crippen molar-refractivity contribution in [2.24, 2.45) is 0 Å². The Kier molecular flexibility index (Phi) is 6.87. The first-order valence-corrected chi connectivity index (χ1v) is 13.4. The number of fused-ring (bicyclic) bond motifs is 1. The molecule has 0 saturated carbocycles. The number of aliphatic hydroxyl groups is 1. The Bertz CT molecular complexity index is 1430. The van der Waals surface area contributed by atoms with Gasteiger partial charge in [0.05, 0.1) is 18.2 Å². The lowest BCUT2D eigenvalue weighted by Gasteiger charge is -2.28. The van der Waals surface area contributed by atoms with E-state index in [1.165, 1.54) is 11.1 Å². The third kappa shape index (κ3) is 5.10. The van der Waals surface area contributed by atoms with Crippen LogP contribution >= 0.6 is 0 Å². The highest BCUT2D eigenvalue weighted by atomic mass is 16.5. The van der Waals surface area contributed by atoms with Gasteiger partial charge in [0.1, 0.15) is 17.1 Å². The van der Waals surface area contributed by atoms with Crippen LogP contribution in [0.4, 0.5) is 0 Å². The third-order valence-corrected chi connectivity index (χ3v) is 7.25. The van der Waals surface area contributed by atoms with Crippen LogP contribution in [-0.4, -0.2) is 27.3 Å². The molecule has 1 saturated heterocycles. The van der Waals surface area contributed by atoms with Crippen LogP contribution in [0.3, 0.4) is 0 Å². The quantitative estimate of drug-likeness (QED) is 0.237. The summed E-state index contributed by atoms with van der Waals surface area (Å²) in [5, 5.41) is 11.6. The van der Waals surface area contributed by atoms with Gasteiger partial charge in [-0.15, -0.1) is 0 Å². The van der Waals surface area contributed by atoms with Crippen molar-refractivity contribution in [3.8, 4) is 5.75 Å². The first-order chi connectivity index (χ1) is 18.1. The molecular weight excluding hydrogens is 474 g/mol.